The van der Waals surface area contributed by atoms with Crippen LogP contribution < -0.4 is 0 Å². The van der Waals surface area contributed by atoms with Crippen LogP contribution in [-0.2, 0) is 4.74 Å². The third-order valence-corrected chi connectivity index (χ3v) is 7.00. The molecular weight excluding hydrogens is 334 g/mol. The monoisotopic (exact) mass is 365 g/mol. The van der Waals surface area contributed by atoms with Crippen molar-refractivity contribution in [3.63, 3.8) is 0 Å². The highest BCUT2D eigenvalue weighted by atomic mass is 16.6. The molecule has 3 saturated heterocycles. The second-order valence-corrected chi connectivity index (χ2v) is 8.36. The van der Waals surface area contributed by atoms with Gasteiger partial charge in [-0.3, -0.25) is 0 Å². The molecule has 0 aromatic carbocycles. The number of rotatable bonds is 2. The molecule has 146 valence electrons. The van der Waals surface area contributed by atoms with E-state index in [4.69, 9.17) is 9.84 Å². The number of cyclic esters (lactones) is 1. The maximum atomic E-state index is 12.5. The predicted octanol–water partition coefficient (Wildman–Crippen LogP) is 2.60. The number of carbonyl (C=O) groups excluding carboxylic acids is 1. The molecule has 1 N–H and O–H groups in total. The topological polar surface area (TPSA) is 73.3 Å². The highest BCUT2D eigenvalue weighted by Gasteiger charge is 2.43. The molecule has 2 unspecified atom stereocenters. The summed E-state index contributed by atoms with van der Waals surface area (Å²) in [7, 11) is 0. The normalized spacial score (nSPS) is 32.2. The van der Waals surface area contributed by atoms with Gasteiger partial charge in [-0.05, 0) is 38.5 Å². The molecule has 2 amide bonds. The Hall–Kier alpha value is -1.50. The van der Waals surface area contributed by atoms with E-state index in [1.165, 1.54) is 24.2 Å². The first-order chi connectivity index (χ1) is 12.6. The second-order valence-electron chi connectivity index (χ2n) is 8.36. The lowest BCUT2D eigenvalue weighted by Gasteiger charge is -2.49. The van der Waals surface area contributed by atoms with Crippen LogP contribution in [0, 0.1) is 5.92 Å². The number of ether oxygens (including phenoxy) is 1. The summed E-state index contributed by atoms with van der Waals surface area (Å²) in [6, 6.07) is 1.19. The van der Waals surface area contributed by atoms with Crippen molar-refractivity contribution in [3.05, 3.63) is 0 Å². The van der Waals surface area contributed by atoms with E-state index in [0.29, 0.717) is 43.7 Å². The van der Waals surface area contributed by atoms with Crippen molar-refractivity contribution in [3.8, 4) is 0 Å². The molecule has 1 aliphatic carbocycles. The molecule has 1 saturated carbocycles. The number of hydrogen-bond acceptors (Lipinski definition) is 4. The molecule has 2 atom stereocenters. The van der Waals surface area contributed by atoms with Gasteiger partial charge in [0.05, 0.1) is 6.61 Å². The number of fused-ring (bicyclic) bond motifs is 1. The van der Waals surface area contributed by atoms with Crippen LogP contribution in [0.3, 0.4) is 0 Å². The number of nitrogens with zero attached hydrogens (tertiary/aromatic N) is 3. The molecule has 7 heteroatoms. The Kier molecular flexibility index (Phi) is 5.25. The Balaban J connectivity index is 1.32. The smallest absolute Gasteiger partial charge is 0.410 e. The fourth-order valence-corrected chi connectivity index (χ4v) is 5.51. The van der Waals surface area contributed by atoms with Crippen molar-refractivity contribution < 1.29 is 19.4 Å². The van der Waals surface area contributed by atoms with Gasteiger partial charge in [-0.2, -0.15) is 0 Å². The Morgan fingerprint density at radius 3 is 2.27 bits per heavy atom. The highest BCUT2D eigenvalue weighted by molar-refractivity contribution is 5.69. The average Bonchev–Trinajstić information content (AvgIpc) is 2.68. The van der Waals surface area contributed by atoms with Crippen LogP contribution in [0.25, 0.3) is 0 Å². The number of piperidine rings is 2. The fraction of sp³-hybridized carbons (Fsp3) is 0.895. The zero-order valence-electron chi connectivity index (χ0n) is 15.5. The molecule has 0 aromatic rings. The lowest BCUT2D eigenvalue weighted by molar-refractivity contribution is -0.0407. The van der Waals surface area contributed by atoms with Gasteiger partial charge in [-0.15, -0.1) is 0 Å². The number of carboxylic acid groups (broad SMARTS) is 1. The largest absolute Gasteiger partial charge is 0.465 e. The molecular formula is C19H31N3O4. The Bertz CT molecular complexity index is 527. The van der Waals surface area contributed by atoms with E-state index >= 15 is 0 Å². The summed E-state index contributed by atoms with van der Waals surface area (Å²) in [5.74, 6) is 0.528. The molecule has 7 nitrogen and oxygen atoms in total. The van der Waals surface area contributed by atoms with E-state index in [0.717, 1.165) is 45.2 Å². The van der Waals surface area contributed by atoms with Crippen LogP contribution in [0.1, 0.15) is 51.4 Å². The van der Waals surface area contributed by atoms with Crippen LogP contribution in [0.2, 0.25) is 0 Å². The molecule has 4 rings (SSSR count). The van der Waals surface area contributed by atoms with E-state index in [9.17, 15) is 9.59 Å². The van der Waals surface area contributed by atoms with Crippen LogP contribution in [0.5, 0.6) is 0 Å². The van der Waals surface area contributed by atoms with E-state index in [1.807, 2.05) is 0 Å². The predicted molar refractivity (Wildman–Crippen MR) is 96.1 cm³/mol. The summed E-state index contributed by atoms with van der Waals surface area (Å²) in [4.78, 5) is 29.7. The third kappa shape index (κ3) is 3.50. The minimum atomic E-state index is -0.798. The number of likely N-dealkylation sites (tertiary alicyclic amines) is 2. The van der Waals surface area contributed by atoms with Gasteiger partial charge in [0.1, 0.15) is 0 Å². The van der Waals surface area contributed by atoms with Gasteiger partial charge in [0.25, 0.3) is 0 Å². The maximum absolute atomic E-state index is 12.5. The van der Waals surface area contributed by atoms with E-state index < -0.39 is 6.09 Å². The molecule has 26 heavy (non-hydrogen) atoms. The minimum absolute atomic E-state index is 0.0960. The second kappa shape index (κ2) is 7.62. The first kappa shape index (κ1) is 17.9. The first-order valence-electron chi connectivity index (χ1n) is 10.3. The van der Waals surface area contributed by atoms with Crippen molar-refractivity contribution in [2.75, 3.05) is 32.8 Å². The van der Waals surface area contributed by atoms with Gasteiger partial charge in [0.2, 0.25) is 0 Å². The Morgan fingerprint density at radius 2 is 1.58 bits per heavy atom. The Morgan fingerprint density at radius 1 is 0.923 bits per heavy atom. The van der Waals surface area contributed by atoms with Crippen molar-refractivity contribution in [2.24, 2.45) is 5.92 Å². The third-order valence-electron chi connectivity index (χ3n) is 7.00. The molecule has 4 fully saturated rings. The van der Waals surface area contributed by atoms with Gasteiger partial charge in [-0.25, -0.2) is 9.59 Å². The standard InChI is InChI=1S/C19H31N3O4/c23-18(24)21-11-5-15(6-12-21)20-9-7-16(8-10-20)22-17-4-2-1-3-14(17)13-26-19(22)25/h14-17H,1-13H2,(H,23,24). The lowest BCUT2D eigenvalue weighted by atomic mass is 9.82. The summed E-state index contributed by atoms with van der Waals surface area (Å²) < 4.78 is 5.50. The van der Waals surface area contributed by atoms with Gasteiger partial charge in [-0.1, -0.05) is 12.8 Å². The van der Waals surface area contributed by atoms with Crippen LogP contribution in [0.4, 0.5) is 9.59 Å². The quantitative estimate of drug-likeness (QED) is 0.814. The number of carbonyl (C=O) groups is 2. The zero-order valence-corrected chi connectivity index (χ0v) is 15.5. The molecule has 0 bridgehead atoms. The Labute approximate surface area is 155 Å². The molecule has 3 aliphatic heterocycles. The van der Waals surface area contributed by atoms with Crippen molar-refractivity contribution in [1.82, 2.24) is 14.7 Å². The summed E-state index contributed by atoms with van der Waals surface area (Å²) in [6.45, 7) is 3.90. The average molecular weight is 365 g/mol. The number of hydrogen-bond donors (Lipinski definition) is 1. The maximum Gasteiger partial charge on any atom is 0.410 e. The highest BCUT2D eigenvalue weighted by Crippen LogP contribution is 2.36. The van der Waals surface area contributed by atoms with Crippen molar-refractivity contribution in [2.45, 2.75) is 69.5 Å². The molecule has 0 spiro atoms. The fourth-order valence-electron chi connectivity index (χ4n) is 5.51. The molecule has 0 radical (unpaired) electrons. The summed E-state index contributed by atoms with van der Waals surface area (Å²) in [5.41, 5.74) is 0. The molecule has 0 aromatic heterocycles. The van der Waals surface area contributed by atoms with Gasteiger partial charge >= 0.3 is 12.2 Å². The molecule has 4 aliphatic rings. The molecule has 3 heterocycles. The SMILES string of the molecule is O=C(O)N1CCC(N2CCC(N3C(=O)OCC4CCCCC43)CC2)CC1. The van der Waals surface area contributed by atoms with Crippen molar-refractivity contribution in [1.29, 1.82) is 0 Å². The van der Waals surface area contributed by atoms with Crippen LogP contribution >= 0.6 is 0 Å². The van der Waals surface area contributed by atoms with Crippen LogP contribution in [-0.4, -0.2) is 82.9 Å². The van der Waals surface area contributed by atoms with Gasteiger partial charge in [0, 0.05) is 50.2 Å². The van der Waals surface area contributed by atoms with E-state index in [1.54, 1.807) is 0 Å². The zero-order chi connectivity index (χ0) is 18.1. The lowest BCUT2D eigenvalue weighted by Crippen LogP contribution is -2.59. The van der Waals surface area contributed by atoms with Gasteiger partial charge in [0.15, 0.2) is 0 Å². The summed E-state index contributed by atoms with van der Waals surface area (Å²) in [6.07, 6.45) is 7.79. The van der Waals surface area contributed by atoms with Gasteiger partial charge < -0.3 is 24.5 Å². The first-order valence-corrected chi connectivity index (χ1v) is 10.3. The minimum Gasteiger partial charge on any atom is -0.465 e. The van der Waals surface area contributed by atoms with E-state index in [-0.39, 0.29) is 6.09 Å². The van der Waals surface area contributed by atoms with E-state index in [2.05, 4.69) is 9.80 Å². The van der Waals surface area contributed by atoms with Crippen molar-refractivity contribution >= 4 is 12.2 Å². The number of amides is 2. The van der Waals surface area contributed by atoms with Crippen LogP contribution in [0.15, 0.2) is 0 Å². The summed E-state index contributed by atoms with van der Waals surface area (Å²) in [5, 5.41) is 9.10. The summed E-state index contributed by atoms with van der Waals surface area (Å²) >= 11 is 0.